The molecule has 0 aromatic heterocycles. The minimum atomic E-state index is -0.159. The molecule has 4 heteroatoms. The largest absolute Gasteiger partial charge is 0.466 e. The molecule has 0 amide bonds. The summed E-state index contributed by atoms with van der Waals surface area (Å²) in [6, 6.07) is 16.3. The van der Waals surface area contributed by atoms with Crippen LogP contribution in [0.1, 0.15) is 54.9 Å². The average molecular weight is 383 g/mol. The fourth-order valence-corrected chi connectivity index (χ4v) is 3.48. The Morgan fingerprint density at radius 2 is 1.68 bits per heavy atom. The van der Waals surface area contributed by atoms with Gasteiger partial charge in [-0.1, -0.05) is 54.1 Å². The maximum absolute atomic E-state index is 11.4. The maximum atomic E-state index is 11.4. The van der Waals surface area contributed by atoms with Crippen LogP contribution in [0.25, 0.3) is 0 Å². The smallest absolute Gasteiger partial charge is 0.310 e. The van der Waals surface area contributed by atoms with Gasteiger partial charge in [0.25, 0.3) is 0 Å². The lowest BCUT2D eigenvalue weighted by Gasteiger charge is -2.10. The zero-order valence-corrected chi connectivity index (χ0v) is 17.1. The lowest BCUT2D eigenvalue weighted by Crippen LogP contribution is -2.08. The lowest BCUT2D eigenvalue weighted by atomic mass is 9.98. The van der Waals surface area contributed by atoms with Gasteiger partial charge in [-0.15, -0.1) is 0 Å². The van der Waals surface area contributed by atoms with E-state index in [0.29, 0.717) is 32.0 Å². The second-order valence-corrected chi connectivity index (χ2v) is 6.91. The summed E-state index contributed by atoms with van der Waals surface area (Å²) in [6.45, 7) is 6.60. The number of fused-ring (bicyclic) bond motifs is 1. The Morgan fingerprint density at radius 1 is 0.964 bits per heavy atom. The van der Waals surface area contributed by atoms with E-state index in [0.717, 1.165) is 18.4 Å². The number of benzene rings is 2. The number of hydrogen-bond donors (Lipinski definition) is 0. The Kier molecular flexibility index (Phi) is 8.73. The fourth-order valence-electron chi connectivity index (χ4n) is 3.48. The SMILES string of the molecule is CCOC(=O)CC1CCc2ccccc21.CCOC(=O)Cc1cccc(C)c1. The van der Waals surface area contributed by atoms with Gasteiger partial charge in [-0.2, -0.15) is 0 Å². The van der Waals surface area contributed by atoms with Gasteiger partial charge in [0, 0.05) is 0 Å². The summed E-state index contributed by atoms with van der Waals surface area (Å²) in [4.78, 5) is 22.5. The molecule has 0 saturated heterocycles. The minimum Gasteiger partial charge on any atom is -0.466 e. The predicted octanol–water partition coefficient (Wildman–Crippen LogP) is 4.77. The first-order valence-corrected chi connectivity index (χ1v) is 9.98. The molecule has 0 N–H and O–H groups in total. The molecule has 4 nitrogen and oxygen atoms in total. The van der Waals surface area contributed by atoms with Crippen molar-refractivity contribution in [3.8, 4) is 0 Å². The number of carbonyl (C=O) groups is 2. The van der Waals surface area contributed by atoms with Crippen molar-refractivity contribution in [3.63, 3.8) is 0 Å². The van der Waals surface area contributed by atoms with Gasteiger partial charge in [0.2, 0.25) is 0 Å². The Balaban J connectivity index is 0.000000203. The van der Waals surface area contributed by atoms with E-state index in [4.69, 9.17) is 9.47 Å². The van der Waals surface area contributed by atoms with Gasteiger partial charge in [0.05, 0.1) is 26.1 Å². The van der Waals surface area contributed by atoms with Crippen molar-refractivity contribution in [2.75, 3.05) is 13.2 Å². The van der Waals surface area contributed by atoms with Crippen molar-refractivity contribution >= 4 is 11.9 Å². The molecular weight excluding hydrogens is 352 g/mol. The van der Waals surface area contributed by atoms with E-state index < -0.39 is 0 Å². The Labute approximate surface area is 167 Å². The standard InChI is InChI=1S/C13H16O2.C11H14O2/c1-2-15-13(14)9-11-8-7-10-5-3-4-6-12(10)11;1-3-13-11(12)8-10-6-4-5-9(2)7-10/h3-6,11H,2,7-9H2,1H3;4-7H,3,8H2,1-2H3. The van der Waals surface area contributed by atoms with Crippen LogP contribution in [0.15, 0.2) is 48.5 Å². The fraction of sp³-hybridized carbons (Fsp3) is 0.417. The molecule has 150 valence electrons. The van der Waals surface area contributed by atoms with Crippen LogP contribution in [0, 0.1) is 6.92 Å². The Morgan fingerprint density at radius 3 is 2.39 bits per heavy atom. The number of carbonyl (C=O) groups excluding carboxylic acids is 2. The number of esters is 2. The first kappa shape index (κ1) is 21.7. The third kappa shape index (κ3) is 6.84. The molecule has 1 atom stereocenters. The summed E-state index contributed by atoms with van der Waals surface area (Å²) < 4.78 is 9.83. The van der Waals surface area contributed by atoms with Crippen molar-refractivity contribution in [2.24, 2.45) is 0 Å². The topological polar surface area (TPSA) is 52.6 Å². The van der Waals surface area contributed by atoms with E-state index in [9.17, 15) is 9.59 Å². The van der Waals surface area contributed by atoms with Crippen LogP contribution < -0.4 is 0 Å². The molecule has 0 spiro atoms. The van der Waals surface area contributed by atoms with E-state index >= 15 is 0 Å². The summed E-state index contributed by atoms with van der Waals surface area (Å²) in [5.74, 6) is 0.146. The van der Waals surface area contributed by atoms with Gasteiger partial charge in [0.1, 0.15) is 0 Å². The highest BCUT2D eigenvalue weighted by Gasteiger charge is 2.24. The molecule has 1 unspecified atom stereocenters. The second kappa shape index (κ2) is 11.3. The Hall–Kier alpha value is -2.62. The maximum Gasteiger partial charge on any atom is 0.310 e. The summed E-state index contributed by atoms with van der Waals surface area (Å²) in [5.41, 5.74) is 4.91. The summed E-state index contributed by atoms with van der Waals surface area (Å²) in [6.07, 6.45) is 3.08. The number of aryl methyl sites for hydroxylation is 2. The molecule has 1 aliphatic carbocycles. The van der Waals surface area contributed by atoms with Crippen LogP contribution >= 0.6 is 0 Å². The van der Waals surface area contributed by atoms with Gasteiger partial charge < -0.3 is 9.47 Å². The monoisotopic (exact) mass is 382 g/mol. The van der Waals surface area contributed by atoms with Crippen molar-refractivity contribution in [1.29, 1.82) is 0 Å². The van der Waals surface area contributed by atoms with Crippen LogP contribution in [0.5, 0.6) is 0 Å². The highest BCUT2D eigenvalue weighted by molar-refractivity contribution is 5.72. The van der Waals surface area contributed by atoms with Crippen LogP contribution in [-0.4, -0.2) is 25.2 Å². The molecule has 0 fully saturated rings. The summed E-state index contributed by atoms with van der Waals surface area (Å²) >= 11 is 0. The highest BCUT2D eigenvalue weighted by Crippen LogP contribution is 2.35. The van der Waals surface area contributed by atoms with E-state index in [1.54, 1.807) is 0 Å². The van der Waals surface area contributed by atoms with Crippen molar-refractivity contribution < 1.29 is 19.1 Å². The highest BCUT2D eigenvalue weighted by atomic mass is 16.5. The minimum absolute atomic E-state index is 0.0702. The second-order valence-electron chi connectivity index (χ2n) is 6.91. The number of rotatable bonds is 6. The Bertz CT molecular complexity index is 782. The van der Waals surface area contributed by atoms with Crippen LogP contribution in [0.2, 0.25) is 0 Å². The van der Waals surface area contributed by atoms with Gasteiger partial charge in [-0.05, 0) is 56.2 Å². The summed E-state index contributed by atoms with van der Waals surface area (Å²) in [5, 5.41) is 0. The normalized spacial score (nSPS) is 14.5. The molecule has 3 rings (SSSR count). The molecule has 1 aliphatic rings. The zero-order chi connectivity index (χ0) is 20.4. The van der Waals surface area contributed by atoms with Crippen LogP contribution in [0.3, 0.4) is 0 Å². The molecule has 0 aliphatic heterocycles. The third-order valence-corrected chi connectivity index (χ3v) is 4.71. The van der Waals surface area contributed by atoms with Crippen LogP contribution in [0.4, 0.5) is 0 Å². The zero-order valence-electron chi connectivity index (χ0n) is 17.1. The molecule has 2 aromatic carbocycles. The van der Waals surface area contributed by atoms with Gasteiger partial charge in [0.15, 0.2) is 0 Å². The van der Waals surface area contributed by atoms with E-state index in [-0.39, 0.29) is 11.9 Å². The van der Waals surface area contributed by atoms with Gasteiger partial charge in [-0.3, -0.25) is 9.59 Å². The summed E-state index contributed by atoms with van der Waals surface area (Å²) in [7, 11) is 0. The molecule has 0 saturated carbocycles. The quantitative estimate of drug-likeness (QED) is 0.675. The van der Waals surface area contributed by atoms with Crippen molar-refractivity contribution in [1.82, 2.24) is 0 Å². The molecule has 28 heavy (non-hydrogen) atoms. The molecule has 0 radical (unpaired) electrons. The average Bonchev–Trinajstić information content (AvgIpc) is 3.06. The van der Waals surface area contributed by atoms with Crippen LogP contribution in [-0.2, 0) is 31.9 Å². The molecule has 0 bridgehead atoms. The molecule has 2 aromatic rings. The van der Waals surface area contributed by atoms with E-state index in [2.05, 4.69) is 18.2 Å². The van der Waals surface area contributed by atoms with Crippen molar-refractivity contribution in [3.05, 3.63) is 70.8 Å². The first-order valence-electron chi connectivity index (χ1n) is 9.98. The lowest BCUT2D eigenvalue weighted by molar-refractivity contribution is -0.144. The molecule has 0 heterocycles. The first-order chi connectivity index (χ1) is 13.5. The van der Waals surface area contributed by atoms with E-state index in [1.807, 2.05) is 51.1 Å². The predicted molar refractivity (Wildman–Crippen MR) is 110 cm³/mol. The van der Waals surface area contributed by atoms with Crippen molar-refractivity contribution in [2.45, 2.75) is 52.4 Å². The molecular formula is C24H30O4. The van der Waals surface area contributed by atoms with Gasteiger partial charge in [-0.25, -0.2) is 0 Å². The number of ether oxygens (including phenoxy) is 2. The third-order valence-electron chi connectivity index (χ3n) is 4.71. The van der Waals surface area contributed by atoms with E-state index in [1.165, 1.54) is 16.7 Å². The van der Waals surface area contributed by atoms with Gasteiger partial charge >= 0.3 is 11.9 Å². The number of hydrogen-bond acceptors (Lipinski definition) is 4.